The minimum atomic E-state index is -0.375. The Morgan fingerprint density at radius 1 is 1.00 bits per heavy atom. The Morgan fingerprint density at radius 2 is 1.80 bits per heavy atom. The molecule has 0 aliphatic heterocycles. The van der Waals surface area contributed by atoms with Gasteiger partial charge in [-0.2, -0.15) is 0 Å². The molecule has 3 aromatic rings. The first-order valence-corrected chi connectivity index (χ1v) is 7.18. The van der Waals surface area contributed by atoms with Crippen LogP contribution < -0.4 is 0 Å². The molecule has 20 heavy (non-hydrogen) atoms. The summed E-state index contributed by atoms with van der Waals surface area (Å²) < 4.78 is 14.2. The molecule has 0 saturated carbocycles. The van der Waals surface area contributed by atoms with E-state index in [2.05, 4.69) is 25.9 Å². The molecule has 0 atom stereocenters. The number of fused-ring (bicyclic) bond motifs is 1. The molecule has 100 valence electrons. The van der Waals surface area contributed by atoms with Gasteiger partial charge in [-0.3, -0.25) is 0 Å². The van der Waals surface area contributed by atoms with Gasteiger partial charge in [-0.25, -0.2) is 14.4 Å². The summed E-state index contributed by atoms with van der Waals surface area (Å²) in [5.41, 5.74) is 1.09. The van der Waals surface area contributed by atoms with Gasteiger partial charge in [0.05, 0.1) is 10.5 Å². The number of rotatable bonds is 1. The van der Waals surface area contributed by atoms with Crippen molar-refractivity contribution in [3.05, 3.63) is 56.9 Å². The summed E-state index contributed by atoms with van der Waals surface area (Å²) >= 11 is 15.6. The number of hydrogen-bond donors (Lipinski definition) is 0. The van der Waals surface area contributed by atoms with Gasteiger partial charge in [0.15, 0.2) is 5.82 Å². The zero-order valence-electron chi connectivity index (χ0n) is 9.87. The normalized spacial score (nSPS) is 11.0. The Morgan fingerprint density at radius 3 is 2.55 bits per heavy atom. The first-order chi connectivity index (χ1) is 9.54. The van der Waals surface area contributed by atoms with E-state index in [-0.39, 0.29) is 11.0 Å². The van der Waals surface area contributed by atoms with Crippen molar-refractivity contribution in [1.82, 2.24) is 9.97 Å². The van der Waals surface area contributed by atoms with Gasteiger partial charge >= 0.3 is 0 Å². The topological polar surface area (TPSA) is 25.8 Å². The predicted molar refractivity (Wildman–Crippen MR) is 82.7 cm³/mol. The highest BCUT2D eigenvalue weighted by atomic mass is 79.9. The van der Waals surface area contributed by atoms with Crippen molar-refractivity contribution >= 4 is 50.0 Å². The van der Waals surface area contributed by atoms with Gasteiger partial charge in [0, 0.05) is 21.5 Å². The molecule has 2 aromatic carbocycles. The monoisotopic (exact) mass is 370 g/mol. The van der Waals surface area contributed by atoms with Crippen molar-refractivity contribution in [3.63, 3.8) is 0 Å². The molecular formula is C14H6BrCl2FN2. The summed E-state index contributed by atoms with van der Waals surface area (Å²) in [6.45, 7) is 0. The lowest BCUT2D eigenvalue weighted by Crippen LogP contribution is -1.93. The number of aromatic nitrogens is 2. The molecule has 0 aliphatic rings. The van der Waals surface area contributed by atoms with Crippen LogP contribution >= 0.6 is 39.1 Å². The van der Waals surface area contributed by atoms with Crippen LogP contribution in [0, 0.1) is 5.82 Å². The lowest BCUT2D eigenvalue weighted by Gasteiger charge is -2.06. The lowest BCUT2D eigenvalue weighted by molar-refractivity contribution is 0.629. The van der Waals surface area contributed by atoms with Gasteiger partial charge in [0.2, 0.25) is 0 Å². The maximum atomic E-state index is 13.3. The van der Waals surface area contributed by atoms with Crippen LogP contribution in [0.15, 0.2) is 40.9 Å². The summed E-state index contributed by atoms with van der Waals surface area (Å²) in [7, 11) is 0. The summed E-state index contributed by atoms with van der Waals surface area (Å²) in [5.74, 6) is -0.00859. The standard InChI is InChI=1S/C14H6BrCl2FN2/c15-7-1-3-9(11(16)5-7)14-19-12-6-8(18)2-4-10(12)13(17)20-14/h1-6H. The van der Waals surface area contributed by atoms with Crippen LogP contribution in [0.3, 0.4) is 0 Å². The molecule has 1 aromatic heterocycles. The fourth-order valence-corrected chi connectivity index (χ4v) is 2.85. The largest absolute Gasteiger partial charge is 0.228 e. The molecule has 0 radical (unpaired) electrons. The minimum Gasteiger partial charge on any atom is -0.228 e. The van der Waals surface area contributed by atoms with E-state index in [0.717, 1.165) is 4.47 Å². The molecule has 0 amide bonds. The number of halogens is 4. The van der Waals surface area contributed by atoms with Gasteiger partial charge in [-0.1, -0.05) is 39.1 Å². The zero-order valence-corrected chi connectivity index (χ0v) is 13.0. The molecule has 0 spiro atoms. The number of hydrogen-bond acceptors (Lipinski definition) is 2. The van der Waals surface area contributed by atoms with Gasteiger partial charge in [0.1, 0.15) is 11.0 Å². The first-order valence-electron chi connectivity index (χ1n) is 5.63. The Kier molecular flexibility index (Phi) is 3.63. The highest BCUT2D eigenvalue weighted by Gasteiger charge is 2.11. The van der Waals surface area contributed by atoms with E-state index in [9.17, 15) is 4.39 Å². The molecule has 3 rings (SSSR count). The average molecular weight is 372 g/mol. The first kappa shape index (κ1) is 13.7. The highest BCUT2D eigenvalue weighted by molar-refractivity contribution is 9.10. The molecular weight excluding hydrogens is 366 g/mol. The molecule has 0 saturated heterocycles. The van der Waals surface area contributed by atoms with Crippen LogP contribution in [0.1, 0.15) is 0 Å². The SMILES string of the molecule is Fc1ccc2c(Cl)nc(-c3ccc(Br)cc3Cl)nc2c1. The third-order valence-electron chi connectivity index (χ3n) is 2.78. The lowest BCUT2D eigenvalue weighted by atomic mass is 10.2. The van der Waals surface area contributed by atoms with Crippen LogP contribution in [0.5, 0.6) is 0 Å². The molecule has 2 nitrogen and oxygen atoms in total. The second-order valence-corrected chi connectivity index (χ2v) is 5.80. The Bertz CT molecular complexity index is 824. The Balaban J connectivity index is 2.26. The van der Waals surface area contributed by atoms with E-state index in [1.807, 2.05) is 6.07 Å². The maximum absolute atomic E-state index is 13.3. The molecule has 0 fully saturated rings. The van der Waals surface area contributed by atoms with Crippen LogP contribution in [0.2, 0.25) is 10.2 Å². The van der Waals surface area contributed by atoms with Gasteiger partial charge in [0.25, 0.3) is 0 Å². The van der Waals surface area contributed by atoms with E-state index >= 15 is 0 Å². The van der Waals surface area contributed by atoms with Crippen molar-refractivity contribution in [3.8, 4) is 11.4 Å². The average Bonchev–Trinajstić information content (AvgIpc) is 2.37. The van der Waals surface area contributed by atoms with E-state index in [1.165, 1.54) is 12.1 Å². The van der Waals surface area contributed by atoms with E-state index in [0.29, 0.717) is 27.3 Å². The van der Waals surface area contributed by atoms with Crippen molar-refractivity contribution in [2.45, 2.75) is 0 Å². The summed E-state index contributed by atoms with van der Waals surface area (Å²) in [5, 5.41) is 1.36. The van der Waals surface area contributed by atoms with Crippen molar-refractivity contribution in [2.75, 3.05) is 0 Å². The molecule has 1 heterocycles. The van der Waals surface area contributed by atoms with Crippen molar-refractivity contribution in [2.24, 2.45) is 0 Å². The fourth-order valence-electron chi connectivity index (χ4n) is 1.86. The molecule has 6 heteroatoms. The minimum absolute atomic E-state index is 0.268. The third kappa shape index (κ3) is 2.51. The molecule has 0 N–H and O–H groups in total. The quantitative estimate of drug-likeness (QED) is 0.527. The van der Waals surface area contributed by atoms with Crippen LogP contribution in [0.25, 0.3) is 22.3 Å². The van der Waals surface area contributed by atoms with Gasteiger partial charge < -0.3 is 0 Å². The summed E-state index contributed by atoms with van der Waals surface area (Å²) in [6.07, 6.45) is 0. The zero-order chi connectivity index (χ0) is 14.3. The van der Waals surface area contributed by atoms with Crippen LogP contribution in [0.4, 0.5) is 4.39 Å². The second-order valence-electron chi connectivity index (χ2n) is 4.12. The van der Waals surface area contributed by atoms with E-state index in [4.69, 9.17) is 23.2 Å². The molecule has 0 bridgehead atoms. The predicted octanol–water partition coefficient (Wildman–Crippen LogP) is 5.51. The van der Waals surface area contributed by atoms with Crippen LogP contribution in [-0.4, -0.2) is 9.97 Å². The Hall–Kier alpha value is -1.23. The van der Waals surface area contributed by atoms with Crippen molar-refractivity contribution < 1.29 is 4.39 Å². The second kappa shape index (κ2) is 5.28. The number of nitrogens with zero attached hydrogens (tertiary/aromatic N) is 2. The van der Waals surface area contributed by atoms with Gasteiger partial charge in [-0.05, 0) is 30.3 Å². The van der Waals surface area contributed by atoms with Crippen LogP contribution in [-0.2, 0) is 0 Å². The fraction of sp³-hybridized carbons (Fsp3) is 0. The smallest absolute Gasteiger partial charge is 0.162 e. The molecule has 0 aliphatic carbocycles. The summed E-state index contributed by atoms with van der Waals surface area (Å²) in [6, 6.07) is 9.55. The van der Waals surface area contributed by atoms with E-state index in [1.54, 1.807) is 18.2 Å². The number of benzene rings is 2. The van der Waals surface area contributed by atoms with Gasteiger partial charge in [-0.15, -0.1) is 0 Å². The van der Waals surface area contributed by atoms with E-state index < -0.39 is 0 Å². The summed E-state index contributed by atoms with van der Waals surface area (Å²) in [4.78, 5) is 8.55. The highest BCUT2D eigenvalue weighted by Crippen LogP contribution is 2.31. The molecule has 0 unspecified atom stereocenters. The maximum Gasteiger partial charge on any atom is 0.162 e. The third-order valence-corrected chi connectivity index (χ3v) is 3.88. The van der Waals surface area contributed by atoms with Crippen molar-refractivity contribution in [1.29, 1.82) is 0 Å². The Labute approximate surface area is 132 Å².